The fraction of sp³-hybridized carbons (Fsp3) is 0.462. The Kier molecular flexibility index (Phi) is 5.30. The van der Waals surface area contributed by atoms with Crippen LogP contribution in [0, 0.1) is 13.8 Å². The first-order chi connectivity index (χ1) is 8.60. The zero-order valence-corrected chi connectivity index (χ0v) is 10.9. The second-order valence-corrected chi connectivity index (χ2v) is 3.93. The SMILES string of the molecule is CCOC(=O)c1c(C)cc(CCNC=O)nc1C. The van der Waals surface area contributed by atoms with Crippen molar-refractivity contribution in [2.75, 3.05) is 13.2 Å². The number of rotatable bonds is 6. The summed E-state index contributed by atoms with van der Waals surface area (Å²) >= 11 is 0. The molecule has 18 heavy (non-hydrogen) atoms. The Morgan fingerprint density at radius 2 is 2.22 bits per heavy atom. The van der Waals surface area contributed by atoms with Gasteiger partial charge in [0.1, 0.15) is 0 Å². The average Bonchev–Trinajstić information content (AvgIpc) is 2.28. The lowest BCUT2D eigenvalue weighted by molar-refractivity contribution is -0.109. The molecule has 0 aliphatic heterocycles. The van der Waals surface area contributed by atoms with E-state index in [2.05, 4.69) is 10.3 Å². The molecule has 0 aliphatic carbocycles. The molecule has 0 radical (unpaired) electrons. The number of carbonyl (C=O) groups excluding carboxylic acids is 2. The Bertz CT molecular complexity index is 421. The molecule has 5 nitrogen and oxygen atoms in total. The van der Waals surface area contributed by atoms with Crippen molar-refractivity contribution >= 4 is 12.4 Å². The van der Waals surface area contributed by atoms with E-state index in [9.17, 15) is 9.59 Å². The van der Waals surface area contributed by atoms with Crippen LogP contribution in [0.25, 0.3) is 0 Å². The molecule has 0 fully saturated rings. The Morgan fingerprint density at radius 1 is 1.50 bits per heavy atom. The first-order valence-corrected chi connectivity index (χ1v) is 5.91. The minimum Gasteiger partial charge on any atom is -0.462 e. The van der Waals surface area contributed by atoms with Crippen LogP contribution in [-0.2, 0) is 16.0 Å². The standard InChI is InChI=1S/C13H18N2O3/c1-4-18-13(17)12-9(2)7-11(15-10(12)3)5-6-14-8-16/h7-8H,4-6H2,1-3H3,(H,14,16). The molecular weight excluding hydrogens is 232 g/mol. The maximum absolute atomic E-state index is 11.7. The molecule has 5 heteroatoms. The van der Waals surface area contributed by atoms with Crippen LogP contribution in [0.5, 0.6) is 0 Å². The van der Waals surface area contributed by atoms with Crippen molar-refractivity contribution < 1.29 is 14.3 Å². The van der Waals surface area contributed by atoms with Crippen molar-refractivity contribution in [2.45, 2.75) is 27.2 Å². The number of hydrogen-bond donors (Lipinski definition) is 1. The van der Waals surface area contributed by atoms with Crippen molar-refractivity contribution in [1.82, 2.24) is 10.3 Å². The summed E-state index contributed by atoms with van der Waals surface area (Å²) in [6.45, 7) is 6.31. The number of aryl methyl sites for hydroxylation is 2. The third kappa shape index (κ3) is 3.55. The Balaban J connectivity index is 2.90. The number of esters is 1. The highest BCUT2D eigenvalue weighted by Gasteiger charge is 2.15. The normalized spacial score (nSPS) is 9.94. The van der Waals surface area contributed by atoms with Crippen LogP contribution in [-0.4, -0.2) is 30.5 Å². The molecular formula is C13H18N2O3. The van der Waals surface area contributed by atoms with Gasteiger partial charge in [0.25, 0.3) is 0 Å². The first-order valence-electron chi connectivity index (χ1n) is 5.91. The molecule has 1 N–H and O–H groups in total. The Hall–Kier alpha value is -1.91. The number of pyridine rings is 1. The summed E-state index contributed by atoms with van der Waals surface area (Å²) in [4.78, 5) is 26.2. The minimum absolute atomic E-state index is 0.336. The maximum Gasteiger partial charge on any atom is 0.340 e. The van der Waals surface area contributed by atoms with E-state index in [-0.39, 0.29) is 5.97 Å². The molecule has 1 heterocycles. The number of carbonyl (C=O) groups is 2. The van der Waals surface area contributed by atoms with E-state index < -0.39 is 0 Å². The predicted octanol–water partition coefficient (Wildman–Crippen LogP) is 1.16. The second-order valence-electron chi connectivity index (χ2n) is 3.93. The minimum atomic E-state index is -0.336. The molecule has 0 aliphatic rings. The van der Waals surface area contributed by atoms with Crippen molar-refractivity contribution in [1.29, 1.82) is 0 Å². The highest BCUT2D eigenvalue weighted by Crippen LogP contribution is 2.15. The molecule has 1 aromatic rings. The van der Waals surface area contributed by atoms with E-state index in [0.29, 0.717) is 37.2 Å². The van der Waals surface area contributed by atoms with E-state index in [1.807, 2.05) is 13.0 Å². The highest BCUT2D eigenvalue weighted by molar-refractivity contribution is 5.92. The van der Waals surface area contributed by atoms with E-state index in [0.717, 1.165) is 11.3 Å². The third-order valence-electron chi connectivity index (χ3n) is 2.54. The van der Waals surface area contributed by atoms with Crippen molar-refractivity contribution in [3.05, 3.63) is 28.6 Å². The van der Waals surface area contributed by atoms with Gasteiger partial charge in [-0.2, -0.15) is 0 Å². The molecule has 98 valence electrons. The van der Waals surface area contributed by atoms with Gasteiger partial charge in [0.05, 0.1) is 17.9 Å². The van der Waals surface area contributed by atoms with Gasteiger partial charge in [0.2, 0.25) is 6.41 Å². The molecule has 1 amide bonds. The van der Waals surface area contributed by atoms with E-state index in [4.69, 9.17) is 4.74 Å². The number of nitrogens with zero attached hydrogens (tertiary/aromatic N) is 1. The first kappa shape index (κ1) is 14.2. The molecule has 0 saturated heterocycles. The Labute approximate surface area is 107 Å². The molecule has 1 rings (SSSR count). The van der Waals surface area contributed by atoms with Gasteiger partial charge in [-0.05, 0) is 32.4 Å². The summed E-state index contributed by atoms with van der Waals surface area (Å²) in [5, 5.41) is 2.58. The summed E-state index contributed by atoms with van der Waals surface area (Å²) in [6.07, 6.45) is 1.30. The molecule has 0 bridgehead atoms. The molecule has 0 aromatic carbocycles. The molecule has 0 spiro atoms. The van der Waals surface area contributed by atoms with Crippen molar-refractivity contribution in [3.63, 3.8) is 0 Å². The molecule has 0 atom stereocenters. The summed E-state index contributed by atoms with van der Waals surface area (Å²) in [6, 6.07) is 1.85. The zero-order valence-electron chi connectivity index (χ0n) is 10.9. The number of ether oxygens (including phenoxy) is 1. The second kappa shape index (κ2) is 6.74. The van der Waals surface area contributed by atoms with Gasteiger partial charge in [-0.3, -0.25) is 9.78 Å². The maximum atomic E-state index is 11.7. The van der Waals surface area contributed by atoms with Gasteiger partial charge in [-0.1, -0.05) is 0 Å². The van der Waals surface area contributed by atoms with Gasteiger partial charge in [0.15, 0.2) is 0 Å². The topological polar surface area (TPSA) is 68.3 Å². The van der Waals surface area contributed by atoms with E-state index in [1.54, 1.807) is 13.8 Å². The van der Waals surface area contributed by atoms with Crippen LogP contribution in [0.2, 0.25) is 0 Å². The van der Waals surface area contributed by atoms with Gasteiger partial charge in [-0.25, -0.2) is 4.79 Å². The van der Waals surface area contributed by atoms with Crippen molar-refractivity contribution in [2.24, 2.45) is 0 Å². The van der Waals surface area contributed by atoms with E-state index >= 15 is 0 Å². The highest BCUT2D eigenvalue weighted by atomic mass is 16.5. The quantitative estimate of drug-likeness (QED) is 0.467. The molecule has 0 unspecified atom stereocenters. The largest absolute Gasteiger partial charge is 0.462 e. The summed E-state index contributed by atoms with van der Waals surface area (Å²) in [5.41, 5.74) is 2.90. The van der Waals surface area contributed by atoms with E-state index in [1.165, 1.54) is 0 Å². The molecule has 1 aromatic heterocycles. The monoisotopic (exact) mass is 250 g/mol. The lowest BCUT2D eigenvalue weighted by atomic mass is 10.1. The fourth-order valence-electron chi connectivity index (χ4n) is 1.81. The summed E-state index contributed by atoms with van der Waals surface area (Å²) < 4.78 is 4.99. The van der Waals surface area contributed by atoms with Crippen LogP contribution >= 0.6 is 0 Å². The van der Waals surface area contributed by atoms with Gasteiger partial charge >= 0.3 is 5.97 Å². The lowest BCUT2D eigenvalue weighted by Gasteiger charge is -2.10. The van der Waals surface area contributed by atoms with Gasteiger partial charge in [-0.15, -0.1) is 0 Å². The Morgan fingerprint density at radius 3 is 2.78 bits per heavy atom. The number of amides is 1. The third-order valence-corrected chi connectivity index (χ3v) is 2.54. The smallest absolute Gasteiger partial charge is 0.340 e. The van der Waals surface area contributed by atoms with Crippen LogP contribution in [0.15, 0.2) is 6.07 Å². The van der Waals surface area contributed by atoms with Crippen LogP contribution in [0.4, 0.5) is 0 Å². The summed E-state index contributed by atoms with van der Waals surface area (Å²) in [7, 11) is 0. The average molecular weight is 250 g/mol. The van der Waals surface area contributed by atoms with Crippen LogP contribution in [0.1, 0.15) is 34.2 Å². The fourth-order valence-corrected chi connectivity index (χ4v) is 1.81. The van der Waals surface area contributed by atoms with Crippen molar-refractivity contribution in [3.8, 4) is 0 Å². The predicted molar refractivity (Wildman–Crippen MR) is 67.4 cm³/mol. The van der Waals surface area contributed by atoms with Gasteiger partial charge < -0.3 is 10.1 Å². The van der Waals surface area contributed by atoms with Crippen LogP contribution in [0.3, 0.4) is 0 Å². The number of aromatic nitrogens is 1. The van der Waals surface area contributed by atoms with Gasteiger partial charge in [0, 0.05) is 18.7 Å². The number of nitrogens with one attached hydrogen (secondary N) is 1. The molecule has 0 saturated carbocycles. The van der Waals surface area contributed by atoms with Crippen LogP contribution < -0.4 is 5.32 Å². The number of hydrogen-bond acceptors (Lipinski definition) is 4. The lowest BCUT2D eigenvalue weighted by Crippen LogP contribution is -2.16. The summed E-state index contributed by atoms with van der Waals surface area (Å²) in [5.74, 6) is -0.336. The zero-order chi connectivity index (χ0) is 13.5.